The Labute approximate surface area is 80.3 Å². The Hall–Kier alpha value is 0.420. The van der Waals surface area contributed by atoms with Crippen molar-refractivity contribution in [2.75, 3.05) is 11.8 Å². The molecule has 0 radical (unpaired) electrons. The fourth-order valence-corrected chi connectivity index (χ4v) is 1.00. The van der Waals surface area contributed by atoms with Crippen LogP contribution in [0.1, 0.15) is 0 Å². The molecule has 0 fully saturated rings. The molecule has 0 aliphatic heterocycles. The van der Waals surface area contributed by atoms with Crippen molar-refractivity contribution in [2.45, 2.75) is 24.4 Å². The minimum absolute atomic E-state index is 0.215. The van der Waals surface area contributed by atoms with E-state index >= 15 is 0 Å². The fraction of sp³-hybridized carbons (Fsp3) is 1.00. The Kier molecular flexibility index (Phi) is 6.17. The van der Waals surface area contributed by atoms with Crippen LogP contribution in [0, 0.1) is 0 Å². The molecular weight excluding hydrogens is 207 g/mol. The minimum Gasteiger partial charge on any atom is -0.389 e. The first-order valence-corrected chi connectivity index (χ1v) is 4.45. The SMILES string of the molecule is OC(CCl)C(O)C(O)C(O)CCl. The largest absolute Gasteiger partial charge is 0.389 e. The molecule has 0 saturated carbocycles. The highest BCUT2D eigenvalue weighted by Crippen LogP contribution is 2.07. The van der Waals surface area contributed by atoms with Crippen molar-refractivity contribution in [3.8, 4) is 0 Å². The molecule has 0 rings (SSSR count). The molecule has 0 aliphatic rings. The molecular formula is C6H12Cl2O4. The Morgan fingerprint density at radius 3 is 1.17 bits per heavy atom. The van der Waals surface area contributed by atoms with E-state index in [1.54, 1.807) is 0 Å². The van der Waals surface area contributed by atoms with Crippen LogP contribution >= 0.6 is 23.2 Å². The quantitative estimate of drug-likeness (QED) is 0.443. The molecule has 6 heteroatoms. The topological polar surface area (TPSA) is 80.9 Å². The second-order valence-electron chi connectivity index (χ2n) is 2.42. The van der Waals surface area contributed by atoms with Gasteiger partial charge in [0.25, 0.3) is 0 Å². The summed E-state index contributed by atoms with van der Waals surface area (Å²) in [5.41, 5.74) is 0. The molecule has 0 spiro atoms. The van der Waals surface area contributed by atoms with Crippen LogP contribution in [0.5, 0.6) is 0 Å². The molecule has 0 aromatic heterocycles. The standard InChI is InChI=1S/C6H12Cl2O4/c7-1-3(9)5(11)6(12)4(10)2-8/h3-6,9-12H,1-2H2. The summed E-state index contributed by atoms with van der Waals surface area (Å²) in [5.74, 6) is -0.430. The third-order valence-corrected chi connectivity index (χ3v) is 2.09. The summed E-state index contributed by atoms with van der Waals surface area (Å²) in [6, 6.07) is 0. The van der Waals surface area contributed by atoms with E-state index < -0.39 is 24.4 Å². The lowest BCUT2D eigenvalue weighted by molar-refractivity contribution is -0.0928. The minimum atomic E-state index is -1.48. The van der Waals surface area contributed by atoms with Gasteiger partial charge in [-0.05, 0) is 0 Å². The highest BCUT2D eigenvalue weighted by molar-refractivity contribution is 6.18. The highest BCUT2D eigenvalue weighted by Gasteiger charge is 2.29. The van der Waals surface area contributed by atoms with Gasteiger partial charge in [0.1, 0.15) is 12.2 Å². The van der Waals surface area contributed by atoms with Gasteiger partial charge in [0.15, 0.2) is 0 Å². The number of aliphatic hydroxyl groups is 4. The van der Waals surface area contributed by atoms with Crippen molar-refractivity contribution < 1.29 is 20.4 Å². The third kappa shape index (κ3) is 3.43. The fourth-order valence-electron chi connectivity index (χ4n) is 0.638. The van der Waals surface area contributed by atoms with Gasteiger partial charge < -0.3 is 20.4 Å². The van der Waals surface area contributed by atoms with Gasteiger partial charge in [-0.15, -0.1) is 23.2 Å². The van der Waals surface area contributed by atoms with Crippen LogP contribution in [0.2, 0.25) is 0 Å². The maximum atomic E-state index is 9.08. The Morgan fingerprint density at radius 2 is 1.00 bits per heavy atom. The summed E-state index contributed by atoms with van der Waals surface area (Å²) >= 11 is 10.4. The first-order chi connectivity index (χ1) is 5.54. The average Bonchev–Trinajstić information content (AvgIpc) is 2.12. The van der Waals surface area contributed by atoms with Crippen molar-refractivity contribution in [3.05, 3.63) is 0 Å². The van der Waals surface area contributed by atoms with Crippen molar-refractivity contribution in [2.24, 2.45) is 0 Å². The molecule has 0 amide bonds. The van der Waals surface area contributed by atoms with Gasteiger partial charge in [0.05, 0.1) is 24.0 Å². The van der Waals surface area contributed by atoms with Gasteiger partial charge in [-0.1, -0.05) is 0 Å². The van der Waals surface area contributed by atoms with Crippen molar-refractivity contribution in [1.82, 2.24) is 0 Å². The highest BCUT2D eigenvalue weighted by atomic mass is 35.5. The second-order valence-corrected chi connectivity index (χ2v) is 3.04. The summed E-state index contributed by atoms with van der Waals surface area (Å²) in [6.45, 7) is 0. The molecule has 0 aliphatic carbocycles. The zero-order valence-electron chi connectivity index (χ0n) is 6.27. The van der Waals surface area contributed by atoms with Gasteiger partial charge >= 0.3 is 0 Å². The van der Waals surface area contributed by atoms with Crippen molar-refractivity contribution in [3.63, 3.8) is 0 Å². The third-order valence-electron chi connectivity index (χ3n) is 1.45. The second kappa shape index (κ2) is 5.96. The Morgan fingerprint density at radius 1 is 0.750 bits per heavy atom. The molecule has 4 atom stereocenters. The van der Waals surface area contributed by atoms with Crippen molar-refractivity contribution >= 4 is 23.2 Å². The first-order valence-electron chi connectivity index (χ1n) is 3.38. The maximum absolute atomic E-state index is 9.08. The van der Waals surface area contributed by atoms with E-state index in [2.05, 4.69) is 0 Å². The predicted octanol–water partition coefficient (Wildman–Crippen LogP) is -1.09. The molecule has 0 heterocycles. The van der Waals surface area contributed by atoms with Gasteiger partial charge in [0, 0.05) is 0 Å². The Balaban J connectivity index is 3.99. The monoisotopic (exact) mass is 218 g/mol. The normalized spacial score (nSPS) is 21.5. The summed E-state index contributed by atoms with van der Waals surface area (Å²) in [6.07, 6.45) is -5.48. The number of aliphatic hydroxyl groups excluding tert-OH is 4. The van der Waals surface area contributed by atoms with E-state index in [-0.39, 0.29) is 11.8 Å². The lowest BCUT2D eigenvalue weighted by Crippen LogP contribution is -2.45. The molecule has 12 heavy (non-hydrogen) atoms. The van der Waals surface area contributed by atoms with Crippen LogP contribution in [0.4, 0.5) is 0 Å². The van der Waals surface area contributed by atoms with E-state index in [0.717, 1.165) is 0 Å². The van der Waals surface area contributed by atoms with Crippen molar-refractivity contribution in [1.29, 1.82) is 0 Å². The molecule has 4 unspecified atom stereocenters. The van der Waals surface area contributed by atoms with Crippen LogP contribution in [-0.4, -0.2) is 56.6 Å². The predicted molar refractivity (Wildman–Crippen MR) is 45.5 cm³/mol. The number of hydrogen-bond acceptors (Lipinski definition) is 4. The zero-order chi connectivity index (χ0) is 9.72. The molecule has 4 N–H and O–H groups in total. The number of alkyl halides is 2. The summed E-state index contributed by atoms with van der Waals surface area (Å²) in [7, 11) is 0. The van der Waals surface area contributed by atoms with Crippen LogP contribution in [0.15, 0.2) is 0 Å². The number of rotatable bonds is 5. The lowest BCUT2D eigenvalue weighted by atomic mass is 10.1. The van der Waals surface area contributed by atoms with E-state index in [0.29, 0.717) is 0 Å². The van der Waals surface area contributed by atoms with E-state index in [1.807, 2.05) is 0 Å². The van der Waals surface area contributed by atoms with Gasteiger partial charge in [0.2, 0.25) is 0 Å². The lowest BCUT2D eigenvalue weighted by Gasteiger charge is -2.24. The number of hydrogen-bond donors (Lipinski definition) is 4. The van der Waals surface area contributed by atoms with Gasteiger partial charge in [-0.2, -0.15) is 0 Å². The summed E-state index contributed by atoms with van der Waals surface area (Å²) < 4.78 is 0. The van der Waals surface area contributed by atoms with Crippen LogP contribution in [0.3, 0.4) is 0 Å². The first kappa shape index (κ1) is 12.4. The van der Waals surface area contributed by atoms with Gasteiger partial charge in [-0.3, -0.25) is 0 Å². The van der Waals surface area contributed by atoms with Gasteiger partial charge in [-0.25, -0.2) is 0 Å². The smallest absolute Gasteiger partial charge is 0.109 e. The zero-order valence-corrected chi connectivity index (χ0v) is 7.78. The molecule has 0 aromatic carbocycles. The Bertz CT molecular complexity index is 110. The molecule has 0 aromatic rings. The molecule has 0 bridgehead atoms. The molecule has 0 saturated heterocycles. The van der Waals surface area contributed by atoms with E-state index in [4.69, 9.17) is 43.6 Å². The van der Waals surface area contributed by atoms with E-state index in [1.165, 1.54) is 0 Å². The summed E-state index contributed by atoms with van der Waals surface area (Å²) in [5, 5.41) is 36.1. The van der Waals surface area contributed by atoms with Crippen LogP contribution in [-0.2, 0) is 0 Å². The van der Waals surface area contributed by atoms with Crippen LogP contribution < -0.4 is 0 Å². The summed E-state index contributed by atoms with van der Waals surface area (Å²) in [4.78, 5) is 0. The average molecular weight is 219 g/mol. The van der Waals surface area contributed by atoms with Crippen LogP contribution in [0.25, 0.3) is 0 Å². The maximum Gasteiger partial charge on any atom is 0.109 e. The number of halogens is 2. The van der Waals surface area contributed by atoms with E-state index in [9.17, 15) is 0 Å². The molecule has 74 valence electrons. The molecule has 4 nitrogen and oxygen atoms in total.